The van der Waals surface area contributed by atoms with Gasteiger partial charge in [-0.05, 0) is 12.1 Å². The summed E-state index contributed by atoms with van der Waals surface area (Å²) in [6.07, 6.45) is 0.453. The van der Waals surface area contributed by atoms with Crippen molar-refractivity contribution in [2.75, 3.05) is 38.3 Å². The van der Waals surface area contributed by atoms with Crippen LogP contribution in [0.25, 0.3) is 0 Å². The number of nitro groups is 1. The van der Waals surface area contributed by atoms with Gasteiger partial charge >= 0.3 is 0 Å². The molecular weight excluding hydrogens is 252 g/mol. The van der Waals surface area contributed by atoms with Crippen molar-refractivity contribution in [3.63, 3.8) is 0 Å². The maximum absolute atomic E-state index is 10.9. The van der Waals surface area contributed by atoms with E-state index in [0.717, 1.165) is 0 Å². The highest BCUT2D eigenvalue weighted by atomic mass is 16.6. The second-order valence-electron chi connectivity index (χ2n) is 3.82. The molecule has 0 radical (unpaired) electrons. The number of ether oxygens (including phenoxy) is 1. The summed E-state index contributed by atoms with van der Waals surface area (Å²) in [7, 11) is 1.56. The van der Waals surface area contributed by atoms with Gasteiger partial charge in [0.05, 0.1) is 23.7 Å². The second-order valence-corrected chi connectivity index (χ2v) is 3.82. The van der Waals surface area contributed by atoms with Crippen LogP contribution in [0, 0.1) is 10.1 Å². The van der Waals surface area contributed by atoms with Crippen molar-refractivity contribution in [1.29, 1.82) is 0 Å². The Bertz CT molecular complexity index is 450. The molecule has 0 spiro atoms. The summed E-state index contributed by atoms with van der Waals surface area (Å²) in [6.45, 7) is 1.27. The van der Waals surface area contributed by atoms with E-state index in [9.17, 15) is 14.9 Å². The van der Waals surface area contributed by atoms with Crippen LogP contribution >= 0.6 is 0 Å². The van der Waals surface area contributed by atoms with Crippen molar-refractivity contribution in [3.8, 4) is 0 Å². The monoisotopic (exact) mass is 268 g/mol. The Labute approximate surface area is 110 Å². The third-order valence-electron chi connectivity index (χ3n) is 2.64. The molecular formula is C12H16N2O5. The van der Waals surface area contributed by atoms with E-state index < -0.39 is 4.92 Å². The van der Waals surface area contributed by atoms with Crippen molar-refractivity contribution < 1.29 is 19.6 Å². The molecule has 0 heterocycles. The van der Waals surface area contributed by atoms with E-state index in [-0.39, 0.29) is 17.9 Å². The van der Waals surface area contributed by atoms with Gasteiger partial charge in [-0.3, -0.25) is 14.9 Å². The molecule has 0 fully saturated rings. The lowest BCUT2D eigenvalue weighted by atomic mass is 10.1. The van der Waals surface area contributed by atoms with Crippen LogP contribution in [0.5, 0.6) is 0 Å². The van der Waals surface area contributed by atoms with E-state index in [2.05, 4.69) is 0 Å². The zero-order valence-corrected chi connectivity index (χ0v) is 10.6. The third kappa shape index (κ3) is 4.01. The molecule has 0 aliphatic carbocycles. The molecule has 104 valence electrons. The number of aldehydes is 1. The first-order valence-electron chi connectivity index (χ1n) is 5.72. The molecule has 0 aliphatic rings. The van der Waals surface area contributed by atoms with Gasteiger partial charge in [0.1, 0.15) is 0 Å². The number of aliphatic hydroxyl groups excluding tert-OH is 1. The molecule has 19 heavy (non-hydrogen) atoms. The fourth-order valence-electron chi connectivity index (χ4n) is 1.69. The topological polar surface area (TPSA) is 92.9 Å². The van der Waals surface area contributed by atoms with Crippen LogP contribution in [-0.2, 0) is 4.74 Å². The molecule has 1 aromatic carbocycles. The number of methoxy groups -OCH3 is 1. The molecule has 0 bridgehead atoms. The highest BCUT2D eigenvalue weighted by Gasteiger charge is 2.15. The number of hydrogen-bond donors (Lipinski definition) is 1. The van der Waals surface area contributed by atoms with Crippen LogP contribution in [0.15, 0.2) is 18.2 Å². The molecule has 1 aromatic rings. The highest BCUT2D eigenvalue weighted by molar-refractivity contribution is 5.83. The maximum Gasteiger partial charge on any atom is 0.280 e. The smallest absolute Gasteiger partial charge is 0.280 e. The summed E-state index contributed by atoms with van der Waals surface area (Å²) in [5.41, 5.74) is 0.427. The minimum atomic E-state index is -0.598. The van der Waals surface area contributed by atoms with Gasteiger partial charge in [0.25, 0.3) is 5.69 Å². The highest BCUT2D eigenvalue weighted by Crippen LogP contribution is 2.23. The van der Waals surface area contributed by atoms with Gasteiger partial charge in [-0.2, -0.15) is 0 Å². The van der Waals surface area contributed by atoms with E-state index in [1.54, 1.807) is 18.1 Å². The molecule has 0 aromatic heterocycles. The quantitative estimate of drug-likeness (QED) is 0.427. The largest absolute Gasteiger partial charge is 0.395 e. The van der Waals surface area contributed by atoms with Gasteiger partial charge in [0.2, 0.25) is 0 Å². The molecule has 0 saturated carbocycles. The first kappa shape index (κ1) is 15.1. The number of hydrogen-bond acceptors (Lipinski definition) is 6. The van der Waals surface area contributed by atoms with Gasteiger partial charge in [-0.1, -0.05) is 0 Å². The minimum absolute atomic E-state index is 0.0165. The fourth-order valence-corrected chi connectivity index (χ4v) is 1.69. The van der Waals surface area contributed by atoms with Crippen molar-refractivity contribution in [1.82, 2.24) is 0 Å². The Kier molecular flexibility index (Phi) is 5.91. The molecule has 0 amide bonds. The molecule has 0 saturated heterocycles. The number of nitrogens with zero attached hydrogens (tertiary/aromatic N) is 2. The lowest BCUT2D eigenvalue weighted by molar-refractivity contribution is -0.385. The van der Waals surface area contributed by atoms with Crippen molar-refractivity contribution in [3.05, 3.63) is 33.9 Å². The summed E-state index contributed by atoms with van der Waals surface area (Å²) in [4.78, 5) is 22.8. The number of rotatable bonds is 8. The molecule has 7 nitrogen and oxygen atoms in total. The Morgan fingerprint density at radius 1 is 1.47 bits per heavy atom. The Balaban J connectivity index is 3.03. The Morgan fingerprint density at radius 2 is 2.21 bits per heavy atom. The van der Waals surface area contributed by atoms with Crippen LogP contribution in [0.4, 0.5) is 11.4 Å². The zero-order chi connectivity index (χ0) is 14.3. The number of carbonyl (C=O) groups excluding carboxylic acids is 1. The van der Waals surface area contributed by atoms with Crippen LogP contribution < -0.4 is 4.90 Å². The Morgan fingerprint density at radius 3 is 2.74 bits per heavy atom. The van der Waals surface area contributed by atoms with E-state index >= 15 is 0 Å². The van der Waals surface area contributed by atoms with Crippen LogP contribution in [-0.4, -0.2) is 49.7 Å². The second kappa shape index (κ2) is 7.45. The van der Waals surface area contributed by atoms with Gasteiger partial charge < -0.3 is 14.7 Å². The Hall–Kier alpha value is -1.99. The summed E-state index contributed by atoms with van der Waals surface area (Å²) in [6, 6.07) is 4.28. The fraction of sp³-hybridized carbons (Fsp3) is 0.417. The summed E-state index contributed by atoms with van der Waals surface area (Å²) in [5.74, 6) is 0. The predicted octanol–water partition coefficient (Wildman–Crippen LogP) is 0.852. The summed E-state index contributed by atoms with van der Waals surface area (Å²) in [5, 5.41) is 19.7. The maximum atomic E-state index is 10.9. The molecule has 1 rings (SSSR count). The average molecular weight is 268 g/mol. The first-order valence-corrected chi connectivity index (χ1v) is 5.72. The number of benzene rings is 1. The first-order chi connectivity index (χ1) is 9.13. The number of aliphatic hydroxyl groups is 1. The number of carbonyl (C=O) groups is 1. The van der Waals surface area contributed by atoms with Gasteiger partial charge in [-0.25, -0.2) is 0 Å². The van der Waals surface area contributed by atoms with Gasteiger partial charge in [0.15, 0.2) is 6.29 Å². The van der Waals surface area contributed by atoms with E-state index in [1.807, 2.05) is 0 Å². The molecule has 0 atom stereocenters. The normalized spacial score (nSPS) is 10.2. The van der Waals surface area contributed by atoms with Crippen LogP contribution in [0.3, 0.4) is 0 Å². The van der Waals surface area contributed by atoms with E-state index in [0.29, 0.717) is 31.7 Å². The minimum Gasteiger partial charge on any atom is -0.395 e. The van der Waals surface area contributed by atoms with Crippen molar-refractivity contribution >= 4 is 17.7 Å². The SMILES string of the molecule is COCCN(CCO)c1ccc([N+](=O)[O-])c(C=O)c1. The molecule has 7 heteroatoms. The number of anilines is 1. The van der Waals surface area contributed by atoms with Crippen LogP contribution in [0.1, 0.15) is 10.4 Å². The summed E-state index contributed by atoms with van der Waals surface area (Å²) >= 11 is 0. The van der Waals surface area contributed by atoms with Gasteiger partial charge in [-0.15, -0.1) is 0 Å². The lowest BCUT2D eigenvalue weighted by Gasteiger charge is -2.23. The van der Waals surface area contributed by atoms with Crippen LogP contribution in [0.2, 0.25) is 0 Å². The molecule has 1 N–H and O–H groups in total. The number of nitro benzene ring substituents is 1. The molecule has 0 unspecified atom stereocenters. The third-order valence-corrected chi connectivity index (χ3v) is 2.64. The summed E-state index contributed by atoms with van der Waals surface area (Å²) < 4.78 is 4.96. The molecule has 0 aliphatic heterocycles. The van der Waals surface area contributed by atoms with Crippen molar-refractivity contribution in [2.45, 2.75) is 0 Å². The predicted molar refractivity (Wildman–Crippen MR) is 69.7 cm³/mol. The van der Waals surface area contributed by atoms with Crippen molar-refractivity contribution in [2.24, 2.45) is 0 Å². The standard InChI is InChI=1S/C12H16N2O5/c1-19-7-5-13(4-6-15)11-2-3-12(14(17)18)10(8-11)9-16/h2-3,8-9,15H,4-7H2,1H3. The van der Waals surface area contributed by atoms with E-state index in [1.165, 1.54) is 12.1 Å². The van der Waals surface area contributed by atoms with Gasteiger partial charge in [0, 0.05) is 32.0 Å². The lowest BCUT2D eigenvalue weighted by Crippen LogP contribution is -2.30. The average Bonchev–Trinajstić information content (AvgIpc) is 2.42. The zero-order valence-electron chi connectivity index (χ0n) is 10.6. The van der Waals surface area contributed by atoms with E-state index in [4.69, 9.17) is 9.84 Å².